The van der Waals surface area contributed by atoms with Crippen molar-refractivity contribution in [1.29, 1.82) is 0 Å². The maximum atomic E-state index is 11.3. The molecule has 0 fully saturated rings. The molecule has 4 aromatic rings. The molecule has 2 aromatic carbocycles. The van der Waals surface area contributed by atoms with Gasteiger partial charge in [0.2, 0.25) is 0 Å². The number of anilines is 1. The van der Waals surface area contributed by atoms with Crippen LogP contribution in [0.5, 0.6) is 0 Å². The van der Waals surface area contributed by atoms with Crippen molar-refractivity contribution >= 4 is 22.3 Å². The Morgan fingerprint density at radius 2 is 1.93 bits per heavy atom. The molecule has 0 bridgehead atoms. The minimum Gasteiger partial charge on any atom is -0.380 e. The van der Waals surface area contributed by atoms with Gasteiger partial charge in [-0.2, -0.15) is 5.10 Å². The molecule has 0 unspecified atom stereocenters. The summed E-state index contributed by atoms with van der Waals surface area (Å²) in [4.78, 5) is 15.3. The van der Waals surface area contributed by atoms with Crippen LogP contribution in [0, 0.1) is 17.0 Å². The van der Waals surface area contributed by atoms with E-state index in [1.165, 1.54) is 11.6 Å². The highest BCUT2D eigenvalue weighted by atomic mass is 16.6. The first-order valence-corrected chi connectivity index (χ1v) is 8.94. The SMILES string of the molecule is Cc1cc(NCc2ccccc2Cn2cccn2)c2cccc([N+](=O)[O-])c2n1. The van der Waals surface area contributed by atoms with Gasteiger partial charge in [-0.15, -0.1) is 0 Å². The summed E-state index contributed by atoms with van der Waals surface area (Å²) in [7, 11) is 0. The lowest BCUT2D eigenvalue weighted by atomic mass is 10.1. The summed E-state index contributed by atoms with van der Waals surface area (Å²) in [5.74, 6) is 0. The van der Waals surface area contributed by atoms with E-state index in [4.69, 9.17) is 0 Å². The maximum Gasteiger partial charge on any atom is 0.295 e. The Balaban J connectivity index is 1.65. The number of hydrogen-bond donors (Lipinski definition) is 1. The largest absolute Gasteiger partial charge is 0.380 e. The molecule has 0 saturated carbocycles. The molecule has 4 rings (SSSR count). The Kier molecular flexibility index (Phi) is 4.72. The third-order valence-corrected chi connectivity index (χ3v) is 4.62. The number of hydrogen-bond acceptors (Lipinski definition) is 5. The van der Waals surface area contributed by atoms with Crippen LogP contribution >= 0.6 is 0 Å². The van der Waals surface area contributed by atoms with Gasteiger partial charge < -0.3 is 5.32 Å². The predicted octanol–water partition coefficient (Wildman–Crippen LogP) is 4.31. The topological polar surface area (TPSA) is 85.9 Å². The van der Waals surface area contributed by atoms with Crippen molar-refractivity contribution in [2.45, 2.75) is 20.0 Å². The van der Waals surface area contributed by atoms with E-state index in [9.17, 15) is 10.1 Å². The maximum absolute atomic E-state index is 11.3. The summed E-state index contributed by atoms with van der Waals surface area (Å²) >= 11 is 0. The van der Waals surface area contributed by atoms with E-state index in [0.717, 1.165) is 22.3 Å². The highest BCUT2D eigenvalue weighted by Crippen LogP contribution is 2.30. The Labute approximate surface area is 161 Å². The van der Waals surface area contributed by atoms with E-state index in [-0.39, 0.29) is 5.69 Å². The molecule has 7 heteroatoms. The zero-order valence-electron chi connectivity index (χ0n) is 15.4. The van der Waals surface area contributed by atoms with E-state index in [1.807, 2.05) is 48.1 Å². The van der Waals surface area contributed by atoms with Gasteiger partial charge in [-0.25, -0.2) is 4.98 Å². The third-order valence-electron chi connectivity index (χ3n) is 4.62. The number of nitrogens with one attached hydrogen (secondary N) is 1. The van der Waals surface area contributed by atoms with Crippen molar-refractivity contribution in [3.05, 3.63) is 93.9 Å². The molecular weight excluding hydrogens is 354 g/mol. The monoisotopic (exact) mass is 373 g/mol. The van der Waals surface area contributed by atoms with Crippen molar-refractivity contribution in [1.82, 2.24) is 14.8 Å². The molecule has 0 spiro atoms. The average Bonchev–Trinajstić information content (AvgIpc) is 3.19. The first kappa shape index (κ1) is 17.7. The Bertz CT molecular complexity index is 1140. The molecule has 0 saturated heterocycles. The van der Waals surface area contributed by atoms with Gasteiger partial charge in [0.1, 0.15) is 0 Å². The second-order valence-electron chi connectivity index (χ2n) is 6.57. The smallest absolute Gasteiger partial charge is 0.295 e. The fourth-order valence-electron chi connectivity index (χ4n) is 3.30. The lowest BCUT2D eigenvalue weighted by Crippen LogP contribution is -2.08. The lowest BCUT2D eigenvalue weighted by molar-refractivity contribution is -0.383. The fourth-order valence-corrected chi connectivity index (χ4v) is 3.30. The van der Waals surface area contributed by atoms with Crippen LogP contribution in [0.3, 0.4) is 0 Å². The molecule has 2 aromatic heterocycles. The zero-order valence-corrected chi connectivity index (χ0v) is 15.4. The van der Waals surface area contributed by atoms with Gasteiger partial charge in [-0.1, -0.05) is 36.4 Å². The molecule has 1 N–H and O–H groups in total. The normalized spacial score (nSPS) is 10.9. The molecule has 0 amide bonds. The number of fused-ring (bicyclic) bond motifs is 1. The fraction of sp³-hybridized carbons (Fsp3) is 0.143. The van der Waals surface area contributed by atoms with Crippen molar-refractivity contribution < 1.29 is 4.92 Å². The predicted molar refractivity (Wildman–Crippen MR) is 108 cm³/mol. The van der Waals surface area contributed by atoms with Crippen LogP contribution in [0.2, 0.25) is 0 Å². The first-order chi connectivity index (χ1) is 13.6. The number of para-hydroxylation sites is 1. The second-order valence-corrected chi connectivity index (χ2v) is 6.57. The summed E-state index contributed by atoms with van der Waals surface area (Å²) in [6.07, 6.45) is 3.70. The van der Waals surface area contributed by atoms with Gasteiger partial charge in [0.25, 0.3) is 5.69 Å². The molecule has 0 atom stereocenters. The van der Waals surface area contributed by atoms with Crippen molar-refractivity contribution in [2.24, 2.45) is 0 Å². The van der Waals surface area contributed by atoms with Gasteiger partial charge in [-0.05, 0) is 30.2 Å². The van der Waals surface area contributed by atoms with Gasteiger partial charge in [0, 0.05) is 41.8 Å². The van der Waals surface area contributed by atoms with Crippen LogP contribution in [0.15, 0.2) is 67.0 Å². The Hall–Kier alpha value is -3.74. The molecular formula is C21H19N5O2. The summed E-state index contributed by atoms with van der Waals surface area (Å²) in [5, 5.41) is 19.8. The molecule has 140 valence electrons. The van der Waals surface area contributed by atoms with Gasteiger partial charge in [-0.3, -0.25) is 14.8 Å². The summed E-state index contributed by atoms with van der Waals surface area (Å²) in [6.45, 7) is 3.12. The minimum absolute atomic E-state index is 0.0170. The number of pyridine rings is 1. The van der Waals surface area contributed by atoms with Crippen molar-refractivity contribution in [3.63, 3.8) is 0 Å². The highest BCUT2D eigenvalue weighted by molar-refractivity contribution is 5.96. The molecule has 0 aliphatic heterocycles. The highest BCUT2D eigenvalue weighted by Gasteiger charge is 2.15. The van der Waals surface area contributed by atoms with Gasteiger partial charge in [0.15, 0.2) is 5.52 Å². The first-order valence-electron chi connectivity index (χ1n) is 8.94. The molecule has 0 aliphatic rings. The molecule has 7 nitrogen and oxygen atoms in total. The average molecular weight is 373 g/mol. The van der Waals surface area contributed by atoms with E-state index in [1.54, 1.807) is 12.3 Å². The van der Waals surface area contributed by atoms with E-state index < -0.39 is 4.92 Å². The number of benzene rings is 2. The minimum atomic E-state index is -0.391. The van der Waals surface area contributed by atoms with Crippen LogP contribution in [0.1, 0.15) is 16.8 Å². The van der Waals surface area contributed by atoms with Gasteiger partial charge in [0.05, 0.1) is 11.5 Å². The summed E-state index contributed by atoms with van der Waals surface area (Å²) < 4.78 is 1.88. The quantitative estimate of drug-likeness (QED) is 0.402. The number of nitrogens with zero attached hydrogens (tertiary/aromatic N) is 4. The van der Waals surface area contributed by atoms with Crippen LogP contribution in [-0.4, -0.2) is 19.7 Å². The number of non-ortho nitro benzene ring substituents is 1. The summed E-state index contributed by atoms with van der Waals surface area (Å²) in [5.41, 5.74) is 4.29. The number of aryl methyl sites for hydroxylation is 1. The molecule has 28 heavy (non-hydrogen) atoms. The van der Waals surface area contributed by atoms with E-state index >= 15 is 0 Å². The third kappa shape index (κ3) is 3.55. The van der Waals surface area contributed by atoms with Crippen molar-refractivity contribution in [2.75, 3.05) is 5.32 Å². The van der Waals surface area contributed by atoms with E-state index in [0.29, 0.717) is 18.6 Å². The van der Waals surface area contributed by atoms with Crippen molar-refractivity contribution in [3.8, 4) is 0 Å². The number of aromatic nitrogens is 3. The van der Waals surface area contributed by atoms with Crippen LogP contribution in [0.4, 0.5) is 11.4 Å². The second kappa shape index (κ2) is 7.48. The van der Waals surface area contributed by atoms with Gasteiger partial charge >= 0.3 is 0 Å². The number of nitro groups is 1. The molecule has 0 aliphatic carbocycles. The van der Waals surface area contributed by atoms with Crippen LogP contribution in [-0.2, 0) is 13.1 Å². The molecule has 2 heterocycles. The zero-order chi connectivity index (χ0) is 19.5. The molecule has 0 radical (unpaired) electrons. The summed E-state index contributed by atoms with van der Waals surface area (Å²) in [6, 6.07) is 17.0. The number of rotatable bonds is 6. The Morgan fingerprint density at radius 3 is 2.68 bits per heavy atom. The van der Waals surface area contributed by atoms with Crippen LogP contribution in [0.25, 0.3) is 10.9 Å². The Morgan fingerprint density at radius 1 is 1.11 bits per heavy atom. The van der Waals surface area contributed by atoms with Crippen LogP contribution < -0.4 is 5.32 Å². The number of nitro benzene ring substituents is 1. The van der Waals surface area contributed by atoms with E-state index in [2.05, 4.69) is 27.5 Å². The standard InChI is InChI=1S/C21H19N5O2/c1-15-12-19(18-8-4-9-20(26(27)28)21(18)24-15)22-13-16-6-2-3-7-17(16)14-25-11-5-10-23-25/h2-12H,13-14H2,1H3,(H,22,24). The lowest BCUT2D eigenvalue weighted by Gasteiger charge is -2.14.